The van der Waals surface area contributed by atoms with E-state index in [1.165, 1.54) is 11.3 Å². The van der Waals surface area contributed by atoms with Crippen molar-refractivity contribution < 1.29 is 22.8 Å². The van der Waals surface area contributed by atoms with E-state index >= 15 is 0 Å². The number of carbonyl (C=O) groups excluding carboxylic acids is 3. The van der Waals surface area contributed by atoms with Gasteiger partial charge in [-0.3, -0.25) is 19.3 Å². The minimum atomic E-state index is -3.51. The van der Waals surface area contributed by atoms with Gasteiger partial charge in [-0.25, -0.2) is 8.42 Å². The molecule has 10 heteroatoms. The first kappa shape index (κ1) is 20.0. The fourth-order valence-corrected chi connectivity index (χ4v) is 6.32. The number of rotatable bonds is 7. The molecule has 2 fully saturated rings. The lowest BCUT2D eigenvalue weighted by Gasteiger charge is -2.34. The molecule has 148 valence electrons. The Balaban J connectivity index is 1.54. The first-order chi connectivity index (χ1) is 12.9. The number of nitrogens with zero attached hydrogens (tertiary/aromatic N) is 2. The molecule has 1 N–H and O–H groups in total. The van der Waals surface area contributed by atoms with E-state index in [1.807, 2.05) is 0 Å². The molecule has 2 aliphatic heterocycles. The lowest BCUT2D eigenvalue weighted by Crippen LogP contribution is -2.46. The van der Waals surface area contributed by atoms with Crippen molar-refractivity contribution in [3.05, 3.63) is 17.5 Å². The van der Waals surface area contributed by atoms with Crippen molar-refractivity contribution in [3.8, 4) is 0 Å². The number of likely N-dealkylation sites (tertiary alicyclic amines) is 1. The van der Waals surface area contributed by atoms with Gasteiger partial charge in [-0.05, 0) is 30.7 Å². The minimum absolute atomic E-state index is 0.156. The number of hydrogen-bond donors (Lipinski definition) is 1. The highest BCUT2D eigenvalue weighted by atomic mass is 32.2. The predicted molar refractivity (Wildman–Crippen MR) is 99.4 cm³/mol. The Morgan fingerprint density at radius 3 is 2.63 bits per heavy atom. The van der Waals surface area contributed by atoms with Gasteiger partial charge in [0.15, 0.2) is 0 Å². The molecule has 3 rings (SSSR count). The van der Waals surface area contributed by atoms with Crippen LogP contribution in [0.25, 0.3) is 0 Å². The first-order valence-corrected chi connectivity index (χ1v) is 11.4. The van der Waals surface area contributed by atoms with Crippen LogP contribution in [0.4, 0.5) is 0 Å². The van der Waals surface area contributed by atoms with E-state index in [4.69, 9.17) is 0 Å². The van der Waals surface area contributed by atoms with Gasteiger partial charge in [0.1, 0.15) is 10.8 Å². The third-order valence-corrected chi connectivity index (χ3v) is 8.21. The molecule has 27 heavy (non-hydrogen) atoms. The monoisotopic (exact) mass is 413 g/mol. The quantitative estimate of drug-likeness (QED) is 0.670. The van der Waals surface area contributed by atoms with Gasteiger partial charge in [0, 0.05) is 32.0 Å². The highest BCUT2D eigenvalue weighted by molar-refractivity contribution is 7.91. The van der Waals surface area contributed by atoms with E-state index in [-0.39, 0.29) is 37.2 Å². The topological polar surface area (TPSA) is 104 Å². The zero-order chi connectivity index (χ0) is 19.4. The van der Waals surface area contributed by atoms with Crippen molar-refractivity contribution in [1.29, 1.82) is 0 Å². The molecule has 1 atom stereocenters. The van der Waals surface area contributed by atoms with Crippen molar-refractivity contribution in [3.63, 3.8) is 0 Å². The average Bonchev–Trinajstić information content (AvgIpc) is 3.29. The van der Waals surface area contributed by atoms with E-state index in [2.05, 4.69) is 5.32 Å². The van der Waals surface area contributed by atoms with Crippen LogP contribution in [0, 0.1) is 0 Å². The number of hydrogen-bond acceptors (Lipinski definition) is 6. The second-order valence-corrected chi connectivity index (χ2v) is 9.77. The fraction of sp³-hybridized carbons (Fsp3) is 0.588. The van der Waals surface area contributed by atoms with Crippen molar-refractivity contribution >= 4 is 39.1 Å². The molecule has 0 spiro atoms. The van der Waals surface area contributed by atoms with Gasteiger partial charge in [0.25, 0.3) is 10.0 Å². The summed E-state index contributed by atoms with van der Waals surface area (Å²) in [6, 6.07) is 3.16. The summed E-state index contributed by atoms with van der Waals surface area (Å²) in [7, 11) is -3.51. The van der Waals surface area contributed by atoms with Crippen LogP contribution in [0.3, 0.4) is 0 Å². The summed E-state index contributed by atoms with van der Waals surface area (Å²) in [5.74, 6) is -1.05. The molecular formula is C17H23N3O5S2. The molecule has 0 aromatic carbocycles. The molecule has 8 nitrogen and oxygen atoms in total. The van der Waals surface area contributed by atoms with Crippen LogP contribution in [0.15, 0.2) is 21.7 Å². The van der Waals surface area contributed by atoms with Crippen LogP contribution in [-0.4, -0.2) is 61.0 Å². The molecule has 0 bridgehead atoms. The predicted octanol–water partition coefficient (Wildman–Crippen LogP) is 0.947. The summed E-state index contributed by atoms with van der Waals surface area (Å²) in [5.41, 5.74) is 0. The van der Waals surface area contributed by atoms with Crippen LogP contribution in [0.1, 0.15) is 38.5 Å². The number of imide groups is 1. The Morgan fingerprint density at radius 1 is 1.22 bits per heavy atom. The molecule has 0 aliphatic carbocycles. The number of sulfonamides is 1. The second-order valence-electron chi connectivity index (χ2n) is 6.71. The summed E-state index contributed by atoms with van der Waals surface area (Å²) in [6.07, 6.45) is 3.34. The normalized spacial score (nSPS) is 21.6. The van der Waals surface area contributed by atoms with Gasteiger partial charge in [0.05, 0.1) is 0 Å². The smallest absolute Gasteiger partial charge is 0.252 e. The first-order valence-electron chi connectivity index (χ1n) is 9.05. The summed E-state index contributed by atoms with van der Waals surface area (Å²) < 4.78 is 27.5. The molecule has 1 aromatic rings. The molecule has 2 aliphatic rings. The third kappa shape index (κ3) is 4.56. The van der Waals surface area contributed by atoms with E-state index in [9.17, 15) is 22.8 Å². The summed E-state index contributed by atoms with van der Waals surface area (Å²) in [4.78, 5) is 36.1. The lowest BCUT2D eigenvalue weighted by atomic mass is 10.0. The Bertz CT molecular complexity index is 791. The SMILES string of the molecule is O=C(CN1C(=O)CCC1=O)NCCC1CCCCN1S(=O)(=O)c1cccs1. The number of amides is 3. The summed E-state index contributed by atoms with van der Waals surface area (Å²) >= 11 is 1.20. The van der Waals surface area contributed by atoms with Crippen molar-refractivity contribution in [2.45, 2.75) is 48.8 Å². The Labute approximate surface area is 162 Å². The Hall–Kier alpha value is -1.78. The van der Waals surface area contributed by atoms with Crippen molar-refractivity contribution in [2.24, 2.45) is 0 Å². The molecule has 3 amide bonds. The molecule has 0 radical (unpaired) electrons. The van der Waals surface area contributed by atoms with E-state index in [0.29, 0.717) is 23.7 Å². The van der Waals surface area contributed by atoms with E-state index in [1.54, 1.807) is 21.8 Å². The maximum Gasteiger partial charge on any atom is 0.252 e. The number of piperidine rings is 1. The highest BCUT2D eigenvalue weighted by Gasteiger charge is 2.34. The number of carbonyl (C=O) groups is 3. The minimum Gasteiger partial charge on any atom is -0.354 e. The van der Waals surface area contributed by atoms with Crippen LogP contribution < -0.4 is 5.32 Å². The largest absolute Gasteiger partial charge is 0.354 e. The summed E-state index contributed by atoms with van der Waals surface area (Å²) in [6.45, 7) is 0.519. The molecule has 1 aromatic heterocycles. The average molecular weight is 414 g/mol. The molecular weight excluding hydrogens is 390 g/mol. The van der Waals surface area contributed by atoms with E-state index in [0.717, 1.165) is 24.2 Å². The molecule has 0 saturated carbocycles. The van der Waals surface area contributed by atoms with Gasteiger partial charge in [-0.15, -0.1) is 11.3 Å². The fourth-order valence-electron chi connectivity index (χ4n) is 3.48. The maximum absolute atomic E-state index is 12.8. The molecule has 1 unspecified atom stereocenters. The zero-order valence-electron chi connectivity index (χ0n) is 14.9. The highest BCUT2D eigenvalue weighted by Crippen LogP contribution is 2.29. The zero-order valence-corrected chi connectivity index (χ0v) is 16.6. The van der Waals surface area contributed by atoms with Crippen molar-refractivity contribution in [2.75, 3.05) is 19.6 Å². The van der Waals surface area contributed by atoms with Gasteiger partial charge < -0.3 is 5.32 Å². The summed E-state index contributed by atoms with van der Waals surface area (Å²) in [5, 5.41) is 4.44. The van der Waals surface area contributed by atoms with Crippen LogP contribution >= 0.6 is 11.3 Å². The van der Waals surface area contributed by atoms with Crippen molar-refractivity contribution in [1.82, 2.24) is 14.5 Å². The second kappa shape index (κ2) is 8.49. The molecule has 2 saturated heterocycles. The third-order valence-electron chi connectivity index (χ3n) is 4.89. The maximum atomic E-state index is 12.8. The van der Waals surface area contributed by atoms with E-state index < -0.39 is 15.9 Å². The Morgan fingerprint density at radius 2 is 1.96 bits per heavy atom. The Kier molecular flexibility index (Phi) is 6.28. The standard InChI is InChI=1S/C17H23N3O5S2/c21-14(12-19-15(22)6-7-16(19)23)18-9-8-13-4-1-2-10-20(13)27(24,25)17-5-3-11-26-17/h3,5,11,13H,1-2,4,6-10,12H2,(H,18,21). The van der Waals surface area contributed by atoms with Crippen LogP contribution in [0.5, 0.6) is 0 Å². The van der Waals surface area contributed by atoms with Gasteiger partial charge in [0.2, 0.25) is 17.7 Å². The van der Waals surface area contributed by atoms with Gasteiger partial charge in [-0.1, -0.05) is 12.5 Å². The van der Waals surface area contributed by atoms with Gasteiger partial charge >= 0.3 is 0 Å². The molecule has 3 heterocycles. The van der Waals surface area contributed by atoms with Crippen LogP contribution in [-0.2, 0) is 24.4 Å². The lowest BCUT2D eigenvalue weighted by molar-refractivity contribution is -0.142. The van der Waals surface area contributed by atoms with Crippen LogP contribution in [0.2, 0.25) is 0 Å². The number of thiophene rings is 1. The van der Waals surface area contributed by atoms with Gasteiger partial charge in [-0.2, -0.15) is 4.31 Å². The number of nitrogens with one attached hydrogen (secondary N) is 1.